The third kappa shape index (κ3) is 5.24. The molecular formula is C34H37FN6O2. The zero-order chi connectivity index (χ0) is 31.2. The first-order chi connectivity index (χ1) is 20.4. The molecule has 1 aromatic carbocycles. The van der Waals surface area contributed by atoms with Crippen LogP contribution in [0.15, 0.2) is 66.6 Å². The monoisotopic (exact) mass is 580 g/mol. The lowest BCUT2D eigenvalue weighted by Crippen LogP contribution is -2.58. The minimum atomic E-state index is -0.540. The molecule has 0 unspecified atom stereocenters. The Morgan fingerprint density at radius 2 is 1.79 bits per heavy atom. The smallest absolute Gasteiger partial charge is 0.347 e. The van der Waals surface area contributed by atoms with Crippen molar-refractivity contribution in [3.8, 4) is 16.9 Å². The van der Waals surface area contributed by atoms with Crippen LogP contribution < -0.4 is 10.6 Å². The van der Waals surface area contributed by atoms with Crippen molar-refractivity contribution in [2.24, 2.45) is 0 Å². The van der Waals surface area contributed by atoms with E-state index in [0.717, 1.165) is 16.7 Å². The fraction of sp³-hybridized carbons (Fsp3) is 0.324. The van der Waals surface area contributed by atoms with E-state index in [1.165, 1.54) is 16.7 Å². The number of pyridine rings is 2. The molecule has 0 N–H and O–H groups in total. The molecule has 4 aromatic rings. The maximum Gasteiger partial charge on any atom is 0.355 e. The molecule has 9 heteroatoms. The number of carbonyl (C=O) groups excluding carboxylic acids is 1. The number of hydrogen-bond donors (Lipinski definition) is 0. The molecule has 1 saturated heterocycles. The summed E-state index contributed by atoms with van der Waals surface area (Å²) in [4.78, 5) is 44.4. The number of aromatic nitrogens is 4. The van der Waals surface area contributed by atoms with E-state index in [2.05, 4.69) is 23.1 Å². The minimum Gasteiger partial charge on any atom is -0.347 e. The van der Waals surface area contributed by atoms with E-state index in [9.17, 15) is 9.59 Å². The number of aryl methyl sites for hydroxylation is 1. The van der Waals surface area contributed by atoms with Gasteiger partial charge < -0.3 is 9.80 Å². The predicted octanol–water partition coefficient (Wildman–Crippen LogP) is 6.06. The highest BCUT2D eigenvalue weighted by molar-refractivity contribution is 5.92. The molecule has 1 fully saturated rings. The molecule has 1 amide bonds. The van der Waals surface area contributed by atoms with Gasteiger partial charge in [-0.05, 0) is 62.9 Å². The molecule has 43 heavy (non-hydrogen) atoms. The fourth-order valence-electron chi connectivity index (χ4n) is 6.09. The number of fused-ring (bicyclic) bond motifs is 1. The summed E-state index contributed by atoms with van der Waals surface area (Å²) in [6.45, 7) is 20.2. The van der Waals surface area contributed by atoms with Crippen LogP contribution in [0.2, 0.25) is 0 Å². The van der Waals surface area contributed by atoms with Gasteiger partial charge in [0, 0.05) is 36.9 Å². The van der Waals surface area contributed by atoms with Crippen LogP contribution in [-0.2, 0) is 4.79 Å². The standard InChI is InChI=1S/C34H37FN6O2/c1-9-28(42)39-17-22(7)40(23(8)18-39)33-26-16-27(35)30(25-13-11-10-12-24(25)19(2)3)37-32(26)41(34(43)38-33)31-21(6)14-15-36-29(31)20(4)5/h9-16,20,22-23H,1-2,17-18H2,3-8H3/t22-,23-/m0/s1. The Balaban J connectivity index is 1.86. The summed E-state index contributed by atoms with van der Waals surface area (Å²) < 4.78 is 17.7. The summed E-state index contributed by atoms with van der Waals surface area (Å²) in [7, 11) is 0. The Labute approximate surface area is 251 Å². The number of amides is 1. The predicted molar refractivity (Wildman–Crippen MR) is 170 cm³/mol. The van der Waals surface area contributed by atoms with Gasteiger partial charge in [-0.1, -0.05) is 56.8 Å². The molecule has 5 rings (SSSR count). The van der Waals surface area contributed by atoms with Crippen LogP contribution in [0, 0.1) is 12.7 Å². The second-order valence-corrected chi connectivity index (χ2v) is 11.6. The normalized spacial score (nSPS) is 17.0. The number of nitrogens with zero attached hydrogens (tertiary/aromatic N) is 6. The van der Waals surface area contributed by atoms with Gasteiger partial charge in [0.2, 0.25) is 5.91 Å². The molecule has 1 aliphatic rings. The summed E-state index contributed by atoms with van der Waals surface area (Å²) in [5.74, 6) is -0.368. The van der Waals surface area contributed by atoms with Crippen molar-refractivity contribution >= 4 is 28.3 Å². The van der Waals surface area contributed by atoms with Crippen molar-refractivity contribution in [1.82, 2.24) is 24.4 Å². The van der Waals surface area contributed by atoms with Gasteiger partial charge in [-0.15, -0.1) is 0 Å². The number of allylic oxidation sites excluding steroid dienone is 1. The Kier molecular flexibility index (Phi) is 8.01. The van der Waals surface area contributed by atoms with Crippen LogP contribution in [0.3, 0.4) is 0 Å². The fourth-order valence-corrected chi connectivity index (χ4v) is 6.09. The van der Waals surface area contributed by atoms with Gasteiger partial charge >= 0.3 is 5.69 Å². The van der Waals surface area contributed by atoms with Gasteiger partial charge in [0.05, 0.1) is 16.8 Å². The first-order valence-corrected chi connectivity index (χ1v) is 14.5. The quantitative estimate of drug-likeness (QED) is 0.258. The zero-order valence-electron chi connectivity index (χ0n) is 25.6. The third-order valence-electron chi connectivity index (χ3n) is 8.02. The molecule has 3 aromatic heterocycles. The van der Waals surface area contributed by atoms with Crippen LogP contribution in [0.25, 0.3) is 33.6 Å². The van der Waals surface area contributed by atoms with Crippen molar-refractivity contribution in [2.45, 2.75) is 59.5 Å². The summed E-state index contributed by atoms with van der Waals surface area (Å²) in [5.41, 5.74) is 4.10. The molecule has 0 saturated carbocycles. The molecule has 0 spiro atoms. The lowest BCUT2D eigenvalue weighted by Gasteiger charge is -2.45. The van der Waals surface area contributed by atoms with E-state index < -0.39 is 11.5 Å². The minimum absolute atomic E-state index is 0.00361. The summed E-state index contributed by atoms with van der Waals surface area (Å²) in [5, 5.41) is 0.397. The van der Waals surface area contributed by atoms with Crippen LogP contribution in [0.4, 0.5) is 10.2 Å². The largest absolute Gasteiger partial charge is 0.355 e. The average Bonchev–Trinajstić information content (AvgIpc) is 2.96. The topological polar surface area (TPSA) is 84.2 Å². The first kappa shape index (κ1) is 29.8. The molecular weight excluding hydrogens is 543 g/mol. The SMILES string of the molecule is C=CC(=O)N1C[C@H](C)N(c2nc(=O)n(-c3c(C)ccnc3C(C)C)c3nc(-c4ccccc4C(=C)C)c(F)cc23)[C@@H](C)C1. The Bertz CT molecular complexity index is 1820. The van der Waals surface area contributed by atoms with E-state index in [4.69, 9.17) is 4.98 Å². The molecule has 2 atom stereocenters. The second-order valence-electron chi connectivity index (χ2n) is 11.6. The van der Waals surface area contributed by atoms with Crippen molar-refractivity contribution in [3.63, 3.8) is 0 Å². The highest BCUT2D eigenvalue weighted by atomic mass is 19.1. The Morgan fingerprint density at radius 1 is 1.12 bits per heavy atom. The summed E-state index contributed by atoms with van der Waals surface area (Å²) >= 11 is 0. The van der Waals surface area contributed by atoms with Gasteiger partial charge in [0.15, 0.2) is 5.65 Å². The van der Waals surface area contributed by atoms with E-state index in [1.54, 1.807) is 17.2 Å². The third-order valence-corrected chi connectivity index (χ3v) is 8.02. The first-order valence-electron chi connectivity index (χ1n) is 14.5. The van der Waals surface area contributed by atoms with E-state index in [0.29, 0.717) is 41.2 Å². The van der Waals surface area contributed by atoms with E-state index >= 15 is 4.39 Å². The van der Waals surface area contributed by atoms with Crippen LogP contribution >= 0.6 is 0 Å². The van der Waals surface area contributed by atoms with E-state index in [-0.39, 0.29) is 35.2 Å². The number of halogens is 1. The number of carbonyl (C=O) groups is 1. The van der Waals surface area contributed by atoms with Gasteiger partial charge in [-0.25, -0.2) is 18.7 Å². The van der Waals surface area contributed by atoms with Crippen molar-refractivity contribution in [3.05, 3.63) is 95.0 Å². The lowest BCUT2D eigenvalue weighted by molar-refractivity contribution is -0.127. The Hall–Kier alpha value is -4.66. The molecule has 0 bridgehead atoms. The maximum absolute atomic E-state index is 16.2. The molecule has 8 nitrogen and oxygen atoms in total. The molecule has 0 radical (unpaired) electrons. The number of hydrogen-bond acceptors (Lipinski definition) is 6. The summed E-state index contributed by atoms with van der Waals surface area (Å²) in [6, 6.07) is 10.2. The molecule has 0 aliphatic carbocycles. The van der Waals surface area contributed by atoms with Gasteiger partial charge in [0.1, 0.15) is 17.3 Å². The van der Waals surface area contributed by atoms with Crippen molar-refractivity contribution in [1.29, 1.82) is 0 Å². The van der Waals surface area contributed by atoms with Gasteiger partial charge in [0.25, 0.3) is 0 Å². The molecule has 4 heterocycles. The highest BCUT2D eigenvalue weighted by Crippen LogP contribution is 2.36. The van der Waals surface area contributed by atoms with Gasteiger partial charge in [-0.2, -0.15) is 4.98 Å². The number of anilines is 1. The highest BCUT2D eigenvalue weighted by Gasteiger charge is 2.34. The van der Waals surface area contributed by atoms with Crippen molar-refractivity contribution < 1.29 is 9.18 Å². The molecule has 1 aliphatic heterocycles. The average molecular weight is 581 g/mol. The number of rotatable bonds is 6. The van der Waals surface area contributed by atoms with Crippen molar-refractivity contribution in [2.75, 3.05) is 18.0 Å². The van der Waals surface area contributed by atoms with E-state index in [1.807, 2.05) is 70.7 Å². The van der Waals surface area contributed by atoms with Crippen LogP contribution in [0.1, 0.15) is 57.4 Å². The number of benzene rings is 1. The lowest BCUT2D eigenvalue weighted by atomic mass is 9.98. The van der Waals surface area contributed by atoms with Crippen LogP contribution in [-0.4, -0.2) is 55.5 Å². The Morgan fingerprint density at radius 3 is 2.42 bits per heavy atom. The van der Waals surface area contributed by atoms with Crippen LogP contribution in [0.5, 0.6) is 0 Å². The second kappa shape index (κ2) is 11.6. The molecule has 222 valence electrons. The zero-order valence-corrected chi connectivity index (χ0v) is 25.6. The number of piperazine rings is 1. The van der Waals surface area contributed by atoms with Gasteiger partial charge in [-0.3, -0.25) is 9.78 Å². The maximum atomic E-state index is 16.2. The summed E-state index contributed by atoms with van der Waals surface area (Å²) in [6.07, 6.45) is 3.02.